The molecular weight excluding hydrogens is 228 g/mol. The van der Waals surface area contributed by atoms with Crippen molar-refractivity contribution in [1.29, 1.82) is 0 Å². The lowest BCUT2D eigenvalue weighted by atomic mass is 10.3. The van der Waals surface area contributed by atoms with Gasteiger partial charge in [0.05, 0.1) is 6.20 Å². The second-order valence-electron chi connectivity index (χ2n) is 4.85. The number of imidazole rings is 1. The van der Waals surface area contributed by atoms with Gasteiger partial charge in [0.15, 0.2) is 0 Å². The van der Waals surface area contributed by atoms with Crippen molar-refractivity contribution in [2.24, 2.45) is 5.92 Å². The van der Waals surface area contributed by atoms with Crippen molar-refractivity contribution in [1.82, 2.24) is 19.5 Å². The van der Waals surface area contributed by atoms with E-state index in [2.05, 4.69) is 22.0 Å². The molecule has 5 heteroatoms. The van der Waals surface area contributed by atoms with Crippen molar-refractivity contribution in [2.45, 2.75) is 19.3 Å². The highest BCUT2D eigenvalue weighted by molar-refractivity contribution is 5.56. The third kappa shape index (κ3) is 1.37. The monoisotopic (exact) mass is 240 g/mol. The van der Waals surface area contributed by atoms with Crippen LogP contribution in [0.4, 0.5) is 0 Å². The highest BCUT2D eigenvalue weighted by atomic mass is 16.5. The maximum atomic E-state index is 5.33. The molecule has 0 aliphatic heterocycles. The molecule has 3 aromatic rings. The van der Waals surface area contributed by atoms with Gasteiger partial charge in [0.2, 0.25) is 11.7 Å². The van der Waals surface area contributed by atoms with Gasteiger partial charge in [-0.05, 0) is 24.5 Å². The van der Waals surface area contributed by atoms with Gasteiger partial charge in [-0.3, -0.25) is 4.40 Å². The summed E-state index contributed by atoms with van der Waals surface area (Å²) in [4.78, 5) is 8.80. The molecule has 18 heavy (non-hydrogen) atoms. The number of aromatic nitrogens is 4. The fraction of sp³-hybridized carbons (Fsp3) is 0.308. The van der Waals surface area contributed by atoms with Gasteiger partial charge < -0.3 is 4.52 Å². The molecule has 0 saturated heterocycles. The Balaban J connectivity index is 1.80. The number of hydrogen-bond acceptors (Lipinski definition) is 4. The van der Waals surface area contributed by atoms with Crippen LogP contribution >= 0.6 is 0 Å². The normalized spacial score (nSPS) is 22.5. The van der Waals surface area contributed by atoms with Gasteiger partial charge in [-0.15, -0.1) is 0 Å². The SMILES string of the molecule is C[C@@H]1C[C@@H]1c1nc(-c2cnc3ccccn23)no1. The minimum atomic E-state index is 0.449. The smallest absolute Gasteiger partial charge is 0.230 e. The first-order valence-corrected chi connectivity index (χ1v) is 6.09. The Kier molecular flexibility index (Phi) is 1.86. The van der Waals surface area contributed by atoms with Gasteiger partial charge in [-0.25, -0.2) is 4.98 Å². The maximum Gasteiger partial charge on any atom is 0.230 e. The Bertz CT molecular complexity index is 714. The van der Waals surface area contributed by atoms with Crippen LogP contribution in [-0.2, 0) is 0 Å². The van der Waals surface area contributed by atoms with E-state index in [9.17, 15) is 0 Å². The zero-order valence-corrected chi connectivity index (χ0v) is 9.95. The highest BCUT2D eigenvalue weighted by Gasteiger charge is 2.39. The van der Waals surface area contributed by atoms with Crippen LogP contribution in [0.3, 0.4) is 0 Å². The van der Waals surface area contributed by atoms with Crippen LogP contribution in [0, 0.1) is 5.92 Å². The third-order valence-corrected chi connectivity index (χ3v) is 3.51. The fourth-order valence-corrected chi connectivity index (χ4v) is 2.25. The Morgan fingerprint density at radius 2 is 2.28 bits per heavy atom. The van der Waals surface area contributed by atoms with E-state index in [4.69, 9.17) is 4.52 Å². The molecule has 2 atom stereocenters. The molecule has 0 amide bonds. The van der Waals surface area contributed by atoms with E-state index in [1.807, 2.05) is 28.8 Å². The summed E-state index contributed by atoms with van der Waals surface area (Å²) in [7, 11) is 0. The molecule has 3 heterocycles. The third-order valence-electron chi connectivity index (χ3n) is 3.51. The van der Waals surface area contributed by atoms with Gasteiger partial charge in [0.1, 0.15) is 11.3 Å². The second-order valence-corrected chi connectivity index (χ2v) is 4.85. The van der Waals surface area contributed by atoms with E-state index >= 15 is 0 Å². The first-order chi connectivity index (χ1) is 8.83. The van der Waals surface area contributed by atoms with E-state index in [0.717, 1.165) is 23.7 Å². The molecular formula is C13H12N4O. The number of hydrogen-bond donors (Lipinski definition) is 0. The molecule has 1 aliphatic carbocycles. The molecule has 1 saturated carbocycles. The topological polar surface area (TPSA) is 56.2 Å². The summed E-state index contributed by atoms with van der Waals surface area (Å²) in [5, 5.41) is 4.06. The van der Waals surface area contributed by atoms with Crippen LogP contribution in [-0.4, -0.2) is 19.5 Å². The molecule has 4 rings (SSSR count). The van der Waals surface area contributed by atoms with Crippen LogP contribution in [0.15, 0.2) is 35.1 Å². The molecule has 0 unspecified atom stereocenters. The Morgan fingerprint density at radius 3 is 3.11 bits per heavy atom. The zero-order valence-electron chi connectivity index (χ0n) is 9.95. The molecule has 3 aromatic heterocycles. The summed E-state index contributed by atoms with van der Waals surface area (Å²) in [6, 6.07) is 5.87. The van der Waals surface area contributed by atoms with Crippen molar-refractivity contribution >= 4 is 5.65 Å². The van der Waals surface area contributed by atoms with Crippen LogP contribution in [0.5, 0.6) is 0 Å². The largest absolute Gasteiger partial charge is 0.339 e. The van der Waals surface area contributed by atoms with Crippen LogP contribution in [0.1, 0.15) is 25.2 Å². The summed E-state index contributed by atoms with van der Waals surface area (Å²) >= 11 is 0. The first kappa shape index (κ1) is 9.82. The van der Waals surface area contributed by atoms with Crippen molar-refractivity contribution in [3.05, 3.63) is 36.5 Å². The van der Waals surface area contributed by atoms with Crippen molar-refractivity contribution in [3.8, 4) is 11.5 Å². The lowest BCUT2D eigenvalue weighted by Crippen LogP contribution is -1.89. The average Bonchev–Trinajstić information content (AvgIpc) is 2.85. The lowest BCUT2D eigenvalue weighted by Gasteiger charge is -1.94. The van der Waals surface area contributed by atoms with Crippen LogP contribution in [0.2, 0.25) is 0 Å². The van der Waals surface area contributed by atoms with Crippen LogP contribution in [0.25, 0.3) is 17.2 Å². The summed E-state index contributed by atoms with van der Waals surface area (Å²) in [5.74, 6) is 2.48. The molecule has 1 fully saturated rings. The second kappa shape index (κ2) is 3.41. The van der Waals surface area contributed by atoms with Crippen molar-refractivity contribution in [2.75, 3.05) is 0 Å². The maximum absolute atomic E-state index is 5.33. The average molecular weight is 240 g/mol. The minimum absolute atomic E-state index is 0.449. The molecule has 0 spiro atoms. The van der Waals surface area contributed by atoms with E-state index in [1.54, 1.807) is 6.20 Å². The zero-order chi connectivity index (χ0) is 12.1. The number of pyridine rings is 1. The predicted octanol–water partition coefficient (Wildman–Crippen LogP) is 2.51. The van der Waals surface area contributed by atoms with E-state index in [-0.39, 0.29) is 0 Å². The van der Waals surface area contributed by atoms with Gasteiger partial charge >= 0.3 is 0 Å². The summed E-state index contributed by atoms with van der Waals surface area (Å²) in [6.45, 7) is 2.20. The molecule has 1 aliphatic rings. The Hall–Kier alpha value is -2.17. The standard InChI is InChI=1S/C13H12N4O/c1-8-6-9(8)13-15-12(16-18-13)10-7-14-11-4-2-3-5-17(10)11/h2-5,7-9H,6H2,1H3/t8-,9+/m1/s1. The molecule has 90 valence electrons. The summed E-state index contributed by atoms with van der Waals surface area (Å²) in [5.41, 5.74) is 1.76. The first-order valence-electron chi connectivity index (χ1n) is 6.09. The summed E-state index contributed by atoms with van der Waals surface area (Å²) in [6.07, 6.45) is 4.88. The quantitative estimate of drug-likeness (QED) is 0.690. The van der Waals surface area contributed by atoms with E-state index in [0.29, 0.717) is 17.7 Å². The van der Waals surface area contributed by atoms with Gasteiger partial charge in [0, 0.05) is 12.1 Å². The van der Waals surface area contributed by atoms with Crippen molar-refractivity contribution in [3.63, 3.8) is 0 Å². The Labute approximate surface area is 103 Å². The summed E-state index contributed by atoms with van der Waals surface area (Å²) < 4.78 is 7.29. The molecule has 0 radical (unpaired) electrons. The van der Waals surface area contributed by atoms with E-state index in [1.165, 1.54) is 0 Å². The molecule has 0 aromatic carbocycles. The predicted molar refractivity (Wildman–Crippen MR) is 65.0 cm³/mol. The fourth-order valence-electron chi connectivity index (χ4n) is 2.25. The van der Waals surface area contributed by atoms with E-state index < -0.39 is 0 Å². The van der Waals surface area contributed by atoms with Crippen LogP contribution < -0.4 is 0 Å². The molecule has 0 N–H and O–H groups in total. The highest BCUT2D eigenvalue weighted by Crippen LogP contribution is 2.46. The van der Waals surface area contributed by atoms with Gasteiger partial charge in [0.25, 0.3) is 0 Å². The van der Waals surface area contributed by atoms with Gasteiger partial charge in [-0.1, -0.05) is 18.1 Å². The van der Waals surface area contributed by atoms with Gasteiger partial charge in [-0.2, -0.15) is 4.98 Å². The lowest BCUT2D eigenvalue weighted by molar-refractivity contribution is 0.376. The Morgan fingerprint density at radius 1 is 1.39 bits per heavy atom. The number of rotatable bonds is 2. The number of nitrogens with zero attached hydrogens (tertiary/aromatic N) is 4. The molecule has 0 bridgehead atoms. The van der Waals surface area contributed by atoms with Crippen molar-refractivity contribution < 1.29 is 4.52 Å². The minimum Gasteiger partial charge on any atom is -0.339 e. The number of fused-ring (bicyclic) bond motifs is 1. The molecule has 5 nitrogen and oxygen atoms in total.